The number of carbonyl (C=O) groups excluding carboxylic acids is 2. The number of hydrogen-bond donors (Lipinski definition) is 4. The Kier molecular flexibility index (Phi) is 11.2. The molecule has 0 saturated carbocycles. The van der Waals surface area contributed by atoms with Gasteiger partial charge < -0.3 is 35.5 Å². The summed E-state index contributed by atoms with van der Waals surface area (Å²) in [6, 6.07) is 0.890. The largest absolute Gasteiger partial charge is 0.505 e. The van der Waals surface area contributed by atoms with Gasteiger partial charge in [-0.3, -0.25) is 4.79 Å². The van der Waals surface area contributed by atoms with Crippen LogP contribution < -0.4 is 11.1 Å². The molecule has 1 aromatic carbocycles. The second-order valence-corrected chi connectivity index (χ2v) is 8.91. The van der Waals surface area contributed by atoms with E-state index < -0.39 is 35.8 Å². The van der Waals surface area contributed by atoms with Gasteiger partial charge in [-0.1, -0.05) is 12.2 Å². The Morgan fingerprint density at radius 1 is 1.08 bits per heavy atom. The van der Waals surface area contributed by atoms with Gasteiger partial charge >= 0.3 is 6.09 Å². The van der Waals surface area contributed by atoms with Crippen LogP contribution in [-0.4, -0.2) is 54.7 Å². The van der Waals surface area contributed by atoms with E-state index in [1.807, 2.05) is 13.0 Å². The van der Waals surface area contributed by atoms with Crippen LogP contribution in [0, 0.1) is 5.82 Å². The number of ether oxygens (including phenoxy) is 3. The van der Waals surface area contributed by atoms with Crippen molar-refractivity contribution in [3.8, 4) is 11.5 Å². The molecule has 1 aliphatic heterocycles. The number of nitrogens with one attached hydrogen (secondary N) is 1. The molecule has 0 aromatic heterocycles. The zero-order chi connectivity index (χ0) is 26.8. The predicted octanol–water partition coefficient (Wildman–Crippen LogP) is 4.46. The van der Waals surface area contributed by atoms with Gasteiger partial charge in [0, 0.05) is 31.4 Å². The lowest BCUT2D eigenvalue weighted by Crippen LogP contribution is -2.35. The number of methoxy groups -OCH3 is 2. The van der Waals surface area contributed by atoms with E-state index in [0.29, 0.717) is 44.1 Å². The molecule has 1 aliphatic rings. The summed E-state index contributed by atoms with van der Waals surface area (Å²) >= 11 is 0. The van der Waals surface area contributed by atoms with Gasteiger partial charge in [0.05, 0.1) is 17.9 Å². The van der Waals surface area contributed by atoms with Gasteiger partial charge in [-0.15, -0.1) is 0 Å². The number of primary amides is 1. The summed E-state index contributed by atoms with van der Waals surface area (Å²) in [6.45, 7) is 3.42. The van der Waals surface area contributed by atoms with Crippen LogP contribution in [0.2, 0.25) is 0 Å². The summed E-state index contributed by atoms with van der Waals surface area (Å²) in [5.41, 5.74) is 6.33. The van der Waals surface area contributed by atoms with Gasteiger partial charge in [0.1, 0.15) is 5.75 Å². The maximum absolute atomic E-state index is 14.4. The number of phenols is 2. The van der Waals surface area contributed by atoms with Crippen molar-refractivity contribution in [3.63, 3.8) is 0 Å². The monoisotopic (exact) mass is 508 g/mol. The Balaban J connectivity index is 2.40. The molecular formula is C26H37FN2O7. The van der Waals surface area contributed by atoms with E-state index >= 15 is 0 Å². The number of phenolic OH excluding ortho intramolecular Hbond substituents is 2. The number of halogens is 1. The van der Waals surface area contributed by atoms with Crippen molar-refractivity contribution in [2.45, 2.75) is 77.1 Å². The zero-order valence-corrected chi connectivity index (χ0v) is 21.3. The average molecular weight is 509 g/mol. The molecule has 1 heterocycles. The molecule has 1 aromatic rings. The Bertz CT molecular complexity index is 993. The first-order chi connectivity index (χ1) is 17.1. The van der Waals surface area contributed by atoms with E-state index in [-0.39, 0.29) is 29.5 Å². The van der Waals surface area contributed by atoms with Crippen molar-refractivity contribution < 1.29 is 38.4 Å². The van der Waals surface area contributed by atoms with Crippen LogP contribution in [0.1, 0.15) is 57.9 Å². The molecule has 200 valence electrons. The molecule has 0 radical (unpaired) electrons. The van der Waals surface area contributed by atoms with Crippen molar-refractivity contribution >= 4 is 17.7 Å². The highest BCUT2D eigenvalue weighted by Crippen LogP contribution is 2.38. The first-order valence-electron chi connectivity index (χ1n) is 12.0. The molecule has 2 rings (SSSR count). The Hall–Kier alpha value is -3.11. The number of nitrogens with two attached hydrogens (primary N) is 1. The molecule has 0 aliphatic carbocycles. The van der Waals surface area contributed by atoms with Gasteiger partial charge in [-0.2, -0.15) is 0 Å². The average Bonchev–Trinajstić information content (AvgIpc) is 2.83. The summed E-state index contributed by atoms with van der Waals surface area (Å²) in [5, 5.41) is 23.3. The fourth-order valence-corrected chi connectivity index (χ4v) is 4.27. The molecule has 10 heteroatoms. The third-order valence-electron chi connectivity index (χ3n) is 6.41. The lowest BCUT2D eigenvalue weighted by Gasteiger charge is -2.26. The molecule has 2 bridgehead atoms. The molecule has 36 heavy (non-hydrogen) atoms. The van der Waals surface area contributed by atoms with Crippen molar-refractivity contribution in [1.82, 2.24) is 0 Å². The van der Waals surface area contributed by atoms with Crippen LogP contribution in [0.5, 0.6) is 11.5 Å². The van der Waals surface area contributed by atoms with Gasteiger partial charge in [-0.05, 0) is 64.4 Å². The van der Waals surface area contributed by atoms with Crippen LogP contribution in [0.4, 0.5) is 14.9 Å². The third-order valence-corrected chi connectivity index (χ3v) is 6.41. The number of allylic oxidation sites excluding steroid dienone is 2. The lowest BCUT2D eigenvalue weighted by atomic mass is 9.98. The first kappa shape index (κ1) is 29.1. The van der Waals surface area contributed by atoms with Gasteiger partial charge in [-0.25, -0.2) is 9.18 Å². The molecule has 0 saturated heterocycles. The van der Waals surface area contributed by atoms with Gasteiger partial charge in [0.25, 0.3) is 5.91 Å². The summed E-state index contributed by atoms with van der Waals surface area (Å²) < 4.78 is 30.9. The highest BCUT2D eigenvalue weighted by Gasteiger charge is 2.26. The number of rotatable bonds is 3. The van der Waals surface area contributed by atoms with Crippen LogP contribution in [0.15, 0.2) is 29.4 Å². The van der Waals surface area contributed by atoms with E-state index in [0.717, 1.165) is 11.6 Å². The minimum Gasteiger partial charge on any atom is -0.505 e. The van der Waals surface area contributed by atoms with E-state index in [9.17, 15) is 24.2 Å². The van der Waals surface area contributed by atoms with E-state index in [4.69, 9.17) is 19.9 Å². The molecule has 3 atom stereocenters. The summed E-state index contributed by atoms with van der Waals surface area (Å²) in [7, 11) is 3.10. The SMILES string of the molecule is COC1CC/C=C(\C)C(OC(N)=O)C(OC)CC/C=C(\C)C(=O)Nc2cc(F)c(O)c(c2O)CCC1. The van der Waals surface area contributed by atoms with Crippen LogP contribution in [0.3, 0.4) is 0 Å². The number of hydrogen-bond acceptors (Lipinski definition) is 7. The minimum absolute atomic E-state index is 0.0322. The third kappa shape index (κ3) is 7.96. The molecule has 0 fully saturated rings. The van der Waals surface area contributed by atoms with Gasteiger partial charge in [0.15, 0.2) is 17.7 Å². The van der Waals surface area contributed by atoms with E-state index in [1.54, 1.807) is 20.1 Å². The Labute approximate surface area is 211 Å². The molecule has 0 spiro atoms. The molecule has 3 unspecified atom stereocenters. The number of benzene rings is 1. The van der Waals surface area contributed by atoms with E-state index in [1.165, 1.54) is 7.11 Å². The molecule has 9 nitrogen and oxygen atoms in total. The number of carbonyl (C=O) groups is 2. The number of fused-ring (bicyclic) bond motifs is 2. The van der Waals surface area contributed by atoms with Crippen LogP contribution >= 0.6 is 0 Å². The summed E-state index contributed by atoms with van der Waals surface area (Å²) in [6.07, 6.45) is 4.80. The number of anilines is 1. The number of aromatic hydroxyl groups is 2. The smallest absolute Gasteiger partial charge is 0.405 e. The number of amides is 2. The highest BCUT2D eigenvalue weighted by molar-refractivity contribution is 6.04. The van der Waals surface area contributed by atoms with Crippen molar-refractivity contribution in [2.24, 2.45) is 5.73 Å². The summed E-state index contributed by atoms with van der Waals surface area (Å²) in [5.74, 6) is -2.47. The lowest BCUT2D eigenvalue weighted by molar-refractivity contribution is -0.112. The summed E-state index contributed by atoms with van der Waals surface area (Å²) in [4.78, 5) is 24.2. The fraction of sp³-hybridized carbons (Fsp3) is 0.538. The second-order valence-electron chi connectivity index (χ2n) is 8.91. The standard InChI is InChI=1S/C26H37FN2O7/c1-15-8-5-10-17(34-3)11-7-12-18-22(30)19(27)14-20(23(18)31)29-25(32)16(2)9-6-13-21(35-4)24(15)36-26(28)33/h8-9,14,17,21,24,30-31H,5-7,10-13H2,1-4H3,(H2,28,33)(H,29,32)/b15-8+,16-9+. The van der Waals surface area contributed by atoms with Crippen LogP contribution in [0.25, 0.3) is 0 Å². The zero-order valence-electron chi connectivity index (χ0n) is 21.3. The van der Waals surface area contributed by atoms with Gasteiger partial charge in [0.2, 0.25) is 0 Å². The quantitative estimate of drug-likeness (QED) is 0.268. The maximum Gasteiger partial charge on any atom is 0.405 e. The van der Waals surface area contributed by atoms with Crippen molar-refractivity contribution in [3.05, 3.63) is 40.7 Å². The van der Waals surface area contributed by atoms with Crippen LogP contribution in [-0.2, 0) is 25.4 Å². The van der Waals surface area contributed by atoms with Crippen molar-refractivity contribution in [1.29, 1.82) is 0 Å². The first-order valence-corrected chi connectivity index (χ1v) is 12.0. The molecule has 2 amide bonds. The Morgan fingerprint density at radius 2 is 1.78 bits per heavy atom. The fourth-order valence-electron chi connectivity index (χ4n) is 4.27. The van der Waals surface area contributed by atoms with E-state index in [2.05, 4.69) is 5.32 Å². The molecular weight excluding hydrogens is 471 g/mol. The second kappa shape index (κ2) is 13.8. The predicted molar refractivity (Wildman–Crippen MR) is 133 cm³/mol. The Morgan fingerprint density at radius 3 is 2.42 bits per heavy atom. The minimum atomic E-state index is -0.932. The normalized spacial score (nSPS) is 25.7. The molecule has 5 N–H and O–H groups in total. The topological polar surface area (TPSA) is 140 Å². The van der Waals surface area contributed by atoms with Crippen molar-refractivity contribution in [2.75, 3.05) is 19.5 Å². The highest BCUT2D eigenvalue weighted by atomic mass is 19.1. The maximum atomic E-state index is 14.4.